The third kappa shape index (κ3) is 2.72. The Morgan fingerprint density at radius 2 is 1.84 bits per heavy atom. The first kappa shape index (κ1) is 14.4. The molecule has 9 nitrogen and oxygen atoms in total. The number of benzene rings is 1. The van der Waals surface area contributed by atoms with Crippen molar-refractivity contribution in [2.45, 2.75) is 6.54 Å². The van der Waals surface area contributed by atoms with E-state index >= 15 is 0 Å². The van der Waals surface area contributed by atoms with Crippen molar-refractivity contribution in [2.75, 3.05) is 37.9 Å². The Hall–Kier alpha value is -2.94. The molecular formula is C16H17N7O2. The fraction of sp³-hybridized carbons (Fsp3) is 0.375. The van der Waals surface area contributed by atoms with Crippen LogP contribution in [0.2, 0.25) is 0 Å². The van der Waals surface area contributed by atoms with Gasteiger partial charge in [-0.25, -0.2) is 0 Å². The number of tetrazole rings is 1. The van der Waals surface area contributed by atoms with Gasteiger partial charge in [0.2, 0.25) is 6.79 Å². The Bertz CT molecular complexity index is 904. The van der Waals surface area contributed by atoms with E-state index in [0.29, 0.717) is 12.4 Å². The molecular weight excluding hydrogens is 322 g/mol. The normalized spacial score (nSPS) is 17.4. The van der Waals surface area contributed by atoms with Gasteiger partial charge in [-0.1, -0.05) is 6.07 Å². The third-order valence-electron chi connectivity index (χ3n) is 4.59. The van der Waals surface area contributed by atoms with Crippen LogP contribution in [0.25, 0.3) is 5.65 Å². The number of ether oxygens (including phenoxy) is 2. The SMILES string of the molecule is c1cc2c(cc1CN1CCN(c3ccc4nnnn4n3)CC1)OCO2. The first-order valence-electron chi connectivity index (χ1n) is 8.26. The molecule has 1 fully saturated rings. The van der Waals surface area contributed by atoms with E-state index in [-0.39, 0.29) is 0 Å². The van der Waals surface area contributed by atoms with Crippen molar-refractivity contribution < 1.29 is 9.47 Å². The summed E-state index contributed by atoms with van der Waals surface area (Å²) in [6, 6.07) is 10.0. The second-order valence-corrected chi connectivity index (χ2v) is 6.17. The van der Waals surface area contributed by atoms with Crippen LogP contribution in [0.5, 0.6) is 11.5 Å². The van der Waals surface area contributed by atoms with Crippen LogP contribution in [-0.2, 0) is 6.54 Å². The number of piperazine rings is 1. The van der Waals surface area contributed by atoms with E-state index in [0.717, 1.165) is 50.0 Å². The van der Waals surface area contributed by atoms with Gasteiger partial charge in [0, 0.05) is 32.7 Å². The second kappa shape index (κ2) is 5.85. The molecule has 0 saturated carbocycles. The lowest BCUT2D eigenvalue weighted by atomic mass is 10.1. The van der Waals surface area contributed by atoms with Gasteiger partial charge in [0.05, 0.1) is 0 Å². The van der Waals surface area contributed by atoms with Gasteiger partial charge in [0.1, 0.15) is 0 Å². The molecule has 5 rings (SSSR count). The number of hydrogen-bond donors (Lipinski definition) is 0. The van der Waals surface area contributed by atoms with Gasteiger partial charge < -0.3 is 14.4 Å². The average molecular weight is 339 g/mol. The topological polar surface area (TPSA) is 80.9 Å². The largest absolute Gasteiger partial charge is 0.454 e. The first-order chi connectivity index (χ1) is 12.3. The van der Waals surface area contributed by atoms with Crippen LogP contribution >= 0.6 is 0 Å². The van der Waals surface area contributed by atoms with Crippen molar-refractivity contribution in [3.05, 3.63) is 35.9 Å². The first-order valence-corrected chi connectivity index (χ1v) is 8.26. The van der Waals surface area contributed by atoms with Gasteiger partial charge in [-0.15, -0.1) is 14.8 Å². The highest BCUT2D eigenvalue weighted by molar-refractivity contribution is 5.45. The molecule has 2 aliphatic rings. The molecule has 3 aromatic rings. The van der Waals surface area contributed by atoms with Crippen LogP contribution in [0.3, 0.4) is 0 Å². The van der Waals surface area contributed by atoms with E-state index in [4.69, 9.17) is 9.47 Å². The van der Waals surface area contributed by atoms with Gasteiger partial charge in [0.15, 0.2) is 23.0 Å². The van der Waals surface area contributed by atoms with Crippen LogP contribution in [-0.4, -0.2) is 63.1 Å². The quantitative estimate of drug-likeness (QED) is 0.685. The molecule has 0 aliphatic carbocycles. The standard InChI is InChI=1S/C16H17N7O2/c1-2-13-14(25-11-24-13)9-12(1)10-21-5-7-22(8-6-21)16-4-3-15-17-19-20-23(15)18-16/h1-4,9H,5-8,10-11H2. The van der Waals surface area contributed by atoms with Gasteiger partial charge >= 0.3 is 0 Å². The highest BCUT2D eigenvalue weighted by Gasteiger charge is 2.20. The van der Waals surface area contributed by atoms with Crippen molar-refractivity contribution >= 4 is 11.5 Å². The molecule has 0 atom stereocenters. The minimum Gasteiger partial charge on any atom is -0.454 e. The zero-order chi connectivity index (χ0) is 16.6. The number of anilines is 1. The molecule has 0 unspecified atom stereocenters. The average Bonchev–Trinajstić information content (AvgIpc) is 3.30. The van der Waals surface area contributed by atoms with Gasteiger partial charge in [-0.05, 0) is 40.3 Å². The monoisotopic (exact) mass is 339 g/mol. The lowest BCUT2D eigenvalue weighted by molar-refractivity contribution is 0.174. The fourth-order valence-corrected chi connectivity index (χ4v) is 3.24. The lowest BCUT2D eigenvalue weighted by Gasteiger charge is -2.35. The molecule has 25 heavy (non-hydrogen) atoms. The predicted molar refractivity (Wildman–Crippen MR) is 88.6 cm³/mol. The van der Waals surface area contributed by atoms with E-state index < -0.39 is 0 Å². The van der Waals surface area contributed by atoms with Gasteiger partial charge in [0.25, 0.3) is 0 Å². The number of fused-ring (bicyclic) bond motifs is 2. The molecule has 128 valence electrons. The van der Waals surface area contributed by atoms with Gasteiger partial charge in [-0.2, -0.15) is 0 Å². The molecule has 1 saturated heterocycles. The van der Waals surface area contributed by atoms with Crippen LogP contribution < -0.4 is 14.4 Å². The third-order valence-corrected chi connectivity index (χ3v) is 4.59. The summed E-state index contributed by atoms with van der Waals surface area (Å²) in [6.07, 6.45) is 0. The molecule has 9 heteroatoms. The second-order valence-electron chi connectivity index (χ2n) is 6.17. The van der Waals surface area contributed by atoms with Crippen molar-refractivity contribution in [3.8, 4) is 11.5 Å². The maximum Gasteiger partial charge on any atom is 0.231 e. The Balaban J connectivity index is 1.23. The van der Waals surface area contributed by atoms with Crippen LogP contribution in [0.15, 0.2) is 30.3 Å². The zero-order valence-corrected chi connectivity index (χ0v) is 13.6. The van der Waals surface area contributed by atoms with Crippen LogP contribution in [0.4, 0.5) is 5.82 Å². The Labute approximate surface area is 143 Å². The van der Waals surface area contributed by atoms with Crippen LogP contribution in [0.1, 0.15) is 5.56 Å². The summed E-state index contributed by atoms with van der Waals surface area (Å²) in [6.45, 7) is 5.02. The highest BCUT2D eigenvalue weighted by Crippen LogP contribution is 2.32. The number of rotatable bonds is 3. The summed E-state index contributed by atoms with van der Waals surface area (Å²) >= 11 is 0. The Kier molecular flexibility index (Phi) is 3.37. The summed E-state index contributed by atoms with van der Waals surface area (Å²) in [4.78, 5) is 4.70. The molecule has 0 radical (unpaired) electrons. The Morgan fingerprint density at radius 1 is 0.960 bits per heavy atom. The van der Waals surface area contributed by atoms with E-state index in [2.05, 4.69) is 42.6 Å². The summed E-state index contributed by atoms with van der Waals surface area (Å²) in [5.41, 5.74) is 1.90. The maximum atomic E-state index is 5.46. The van der Waals surface area contributed by atoms with Crippen molar-refractivity contribution in [1.82, 2.24) is 30.2 Å². The summed E-state index contributed by atoms with van der Waals surface area (Å²) in [5.74, 6) is 2.58. The summed E-state index contributed by atoms with van der Waals surface area (Å²) in [7, 11) is 0. The van der Waals surface area contributed by atoms with E-state index in [9.17, 15) is 0 Å². The van der Waals surface area contributed by atoms with Gasteiger partial charge in [-0.3, -0.25) is 4.90 Å². The van der Waals surface area contributed by atoms with E-state index in [1.807, 2.05) is 18.2 Å². The molecule has 0 amide bonds. The number of aromatic nitrogens is 5. The van der Waals surface area contributed by atoms with E-state index in [1.165, 1.54) is 10.2 Å². The minimum atomic E-state index is 0.316. The van der Waals surface area contributed by atoms with E-state index in [1.54, 1.807) is 0 Å². The molecule has 0 bridgehead atoms. The Morgan fingerprint density at radius 3 is 2.76 bits per heavy atom. The molecule has 1 aromatic carbocycles. The highest BCUT2D eigenvalue weighted by atomic mass is 16.7. The zero-order valence-electron chi connectivity index (χ0n) is 13.6. The predicted octanol–water partition coefficient (Wildman–Crippen LogP) is 0.570. The van der Waals surface area contributed by atoms with Crippen molar-refractivity contribution in [3.63, 3.8) is 0 Å². The van der Waals surface area contributed by atoms with Crippen molar-refractivity contribution in [2.24, 2.45) is 0 Å². The molecule has 2 aromatic heterocycles. The lowest BCUT2D eigenvalue weighted by Crippen LogP contribution is -2.46. The molecule has 0 N–H and O–H groups in total. The smallest absolute Gasteiger partial charge is 0.231 e. The fourth-order valence-electron chi connectivity index (χ4n) is 3.24. The van der Waals surface area contributed by atoms with Crippen LogP contribution in [0, 0.1) is 0 Å². The maximum absolute atomic E-state index is 5.46. The minimum absolute atomic E-state index is 0.316. The number of hydrogen-bond acceptors (Lipinski definition) is 8. The molecule has 0 spiro atoms. The molecule has 2 aliphatic heterocycles. The number of nitrogens with zero attached hydrogens (tertiary/aromatic N) is 7. The summed E-state index contributed by atoms with van der Waals surface area (Å²) < 4.78 is 12.3. The molecule has 4 heterocycles. The van der Waals surface area contributed by atoms with Crippen molar-refractivity contribution in [1.29, 1.82) is 0 Å². The summed E-state index contributed by atoms with van der Waals surface area (Å²) in [5, 5.41) is 15.8.